The molecule has 0 radical (unpaired) electrons. The monoisotopic (exact) mass is 208 g/mol. The van der Waals surface area contributed by atoms with E-state index in [9.17, 15) is 10.0 Å². The fraction of sp³-hybridized carbons (Fsp3) is 0.300. The molecule has 1 aromatic carbocycles. The summed E-state index contributed by atoms with van der Waals surface area (Å²) in [5.41, 5.74) is 1.00. The van der Waals surface area contributed by atoms with Gasteiger partial charge in [0.2, 0.25) is 5.91 Å². The second-order valence-electron chi connectivity index (χ2n) is 4.14. The van der Waals surface area contributed by atoms with Gasteiger partial charge in [0.15, 0.2) is 5.69 Å². The Morgan fingerprint density at radius 2 is 2.13 bits per heavy atom. The van der Waals surface area contributed by atoms with Crippen molar-refractivity contribution >= 4 is 17.3 Å². The molecule has 1 atom stereocenters. The molecule has 15 heavy (non-hydrogen) atoms. The van der Waals surface area contributed by atoms with Gasteiger partial charge < -0.3 is 10.5 Å². The molecule has 1 heterocycles. The highest BCUT2D eigenvalue weighted by molar-refractivity contribution is 6.05. The number of anilines is 1. The summed E-state index contributed by atoms with van der Waals surface area (Å²) >= 11 is 0. The largest absolute Gasteiger partial charge is 0.595 e. The van der Waals surface area contributed by atoms with Gasteiger partial charge in [0.1, 0.15) is 0 Å². The number of hydrogen-bond donors (Lipinski definition) is 3. The van der Waals surface area contributed by atoms with E-state index in [1.54, 1.807) is 26.0 Å². The van der Waals surface area contributed by atoms with Crippen LogP contribution in [0.25, 0.3) is 0 Å². The normalized spacial score (nSPS) is 19.6. The minimum Gasteiger partial charge on any atom is -0.595 e. The van der Waals surface area contributed by atoms with Gasteiger partial charge in [-0.15, -0.1) is 0 Å². The van der Waals surface area contributed by atoms with Crippen LogP contribution in [0.4, 0.5) is 11.4 Å². The minimum absolute atomic E-state index is 0.0972. The van der Waals surface area contributed by atoms with Crippen LogP contribution in [0.15, 0.2) is 18.2 Å². The molecule has 0 spiro atoms. The van der Waals surface area contributed by atoms with E-state index in [4.69, 9.17) is 5.21 Å². The molecule has 1 amide bonds. The third-order valence-electron chi connectivity index (χ3n) is 2.76. The van der Waals surface area contributed by atoms with Crippen LogP contribution in [0, 0.1) is 5.21 Å². The molecular weight excluding hydrogens is 196 g/mol. The molecule has 2 rings (SSSR count). The first kappa shape index (κ1) is 10.1. The Morgan fingerprint density at radius 1 is 1.47 bits per heavy atom. The van der Waals surface area contributed by atoms with Crippen LogP contribution in [0.1, 0.15) is 19.4 Å². The van der Waals surface area contributed by atoms with Gasteiger partial charge in [0, 0.05) is 17.8 Å². The first-order valence-electron chi connectivity index (χ1n) is 4.62. The Labute approximate surface area is 86.9 Å². The van der Waals surface area contributed by atoms with E-state index in [2.05, 4.69) is 5.32 Å². The smallest absolute Gasteiger partial charge is 0.234 e. The summed E-state index contributed by atoms with van der Waals surface area (Å²) in [6.07, 6.45) is 0. The maximum Gasteiger partial charge on any atom is 0.234 e. The summed E-state index contributed by atoms with van der Waals surface area (Å²) in [6.45, 7) is 3.56. The molecule has 1 unspecified atom stereocenters. The van der Waals surface area contributed by atoms with E-state index in [-0.39, 0.29) is 11.6 Å². The summed E-state index contributed by atoms with van der Waals surface area (Å²) in [6, 6.07) is 4.67. The molecule has 1 aliphatic rings. The summed E-state index contributed by atoms with van der Waals surface area (Å²) in [5, 5.41) is 21.4. The number of carbonyl (C=O) groups is 1. The molecule has 3 N–H and O–H groups in total. The van der Waals surface area contributed by atoms with Crippen molar-refractivity contribution in [1.82, 2.24) is 0 Å². The molecule has 80 valence electrons. The Kier molecular flexibility index (Phi) is 2.04. The SMILES string of the molecule is CC1(C)C(=O)Nc2ccc([NH+]([O-])O)cc21. The topological polar surface area (TPSA) is 76.8 Å². The van der Waals surface area contributed by atoms with Gasteiger partial charge in [-0.25, -0.2) is 5.21 Å². The first-order valence-corrected chi connectivity index (χ1v) is 4.62. The van der Waals surface area contributed by atoms with Gasteiger partial charge in [-0.05, 0) is 25.5 Å². The highest BCUT2D eigenvalue weighted by Crippen LogP contribution is 2.37. The zero-order valence-corrected chi connectivity index (χ0v) is 8.50. The fourth-order valence-electron chi connectivity index (χ4n) is 1.70. The van der Waals surface area contributed by atoms with Crippen LogP contribution in [0.3, 0.4) is 0 Å². The van der Waals surface area contributed by atoms with Crippen molar-refractivity contribution in [2.75, 3.05) is 5.32 Å². The predicted octanol–water partition coefficient (Wildman–Crippen LogP) is 0.320. The summed E-state index contributed by atoms with van der Waals surface area (Å²) in [7, 11) is 0. The number of amides is 1. The lowest BCUT2D eigenvalue weighted by Gasteiger charge is -2.17. The number of fused-ring (bicyclic) bond motifs is 1. The molecule has 0 aliphatic carbocycles. The summed E-state index contributed by atoms with van der Waals surface area (Å²) in [4.78, 5) is 11.6. The fourth-order valence-corrected chi connectivity index (χ4v) is 1.70. The zero-order chi connectivity index (χ0) is 11.2. The van der Waals surface area contributed by atoms with E-state index >= 15 is 0 Å². The lowest BCUT2D eigenvalue weighted by Crippen LogP contribution is -2.99. The van der Waals surface area contributed by atoms with Gasteiger partial charge >= 0.3 is 0 Å². The third kappa shape index (κ3) is 1.41. The van der Waals surface area contributed by atoms with E-state index < -0.39 is 10.6 Å². The van der Waals surface area contributed by atoms with Crippen molar-refractivity contribution in [3.8, 4) is 0 Å². The number of carbonyl (C=O) groups excluding carboxylic acids is 1. The third-order valence-corrected chi connectivity index (χ3v) is 2.76. The number of benzene rings is 1. The number of quaternary nitrogens is 1. The second kappa shape index (κ2) is 3.03. The maximum absolute atomic E-state index is 11.6. The zero-order valence-electron chi connectivity index (χ0n) is 8.50. The number of rotatable bonds is 1. The Balaban J connectivity index is 2.55. The van der Waals surface area contributed by atoms with Crippen molar-refractivity contribution in [2.45, 2.75) is 19.3 Å². The summed E-state index contributed by atoms with van der Waals surface area (Å²) < 4.78 is 0. The van der Waals surface area contributed by atoms with Crippen molar-refractivity contribution in [3.05, 3.63) is 29.0 Å². The molecule has 1 aromatic rings. The first-order chi connectivity index (χ1) is 6.93. The van der Waals surface area contributed by atoms with Gasteiger partial charge in [0.25, 0.3) is 0 Å². The van der Waals surface area contributed by atoms with Crippen molar-refractivity contribution in [2.24, 2.45) is 0 Å². The molecule has 0 aromatic heterocycles. The Hall–Kier alpha value is -1.43. The average molecular weight is 208 g/mol. The Morgan fingerprint density at radius 3 is 2.73 bits per heavy atom. The van der Waals surface area contributed by atoms with Crippen LogP contribution in [-0.4, -0.2) is 11.1 Å². The minimum atomic E-state index is -0.979. The lowest BCUT2D eigenvalue weighted by molar-refractivity contribution is -0.991. The van der Waals surface area contributed by atoms with Crippen LogP contribution < -0.4 is 10.5 Å². The van der Waals surface area contributed by atoms with Crippen molar-refractivity contribution in [1.29, 1.82) is 0 Å². The molecule has 0 saturated heterocycles. The highest BCUT2D eigenvalue weighted by atomic mass is 16.8. The number of hydrogen-bond acceptors (Lipinski definition) is 3. The molecule has 1 aliphatic heterocycles. The molecule has 5 nitrogen and oxygen atoms in total. The van der Waals surface area contributed by atoms with Gasteiger partial charge in [-0.1, -0.05) is 0 Å². The highest BCUT2D eigenvalue weighted by Gasteiger charge is 2.38. The van der Waals surface area contributed by atoms with Crippen LogP contribution in [0.2, 0.25) is 0 Å². The standard InChI is InChI=1S/C10H12N2O3/c1-10(2)7-5-6(12(14)15)3-4-8(7)11-9(10)13/h3-5,12,14H,1-2H3,(H,11,13). The van der Waals surface area contributed by atoms with Crippen LogP contribution >= 0.6 is 0 Å². The molecule has 0 fully saturated rings. The maximum atomic E-state index is 11.6. The Bertz CT molecular complexity index is 427. The second-order valence-corrected chi connectivity index (χ2v) is 4.14. The molecule has 0 saturated carbocycles. The molecule has 0 bridgehead atoms. The molecule has 5 heteroatoms. The predicted molar refractivity (Wildman–Crippen MR) is 53.9 cm³/mol. The average Bonchev–Trinajstić information content (AvgIpc) is 2.38. The quantitative estimate of drug-likeness (QED) is 0.582. The van der Waals surface area contributed by atoms with E-state index in [0.29, 0.717) is 5.69 Å². The van der Waals surface area contributed by atoms with Crippen LogP contribution in [0.5, 0.6) is 0 Å². The molecular formula is C10H12N2O3. The van der Waals surface area contributed by atoms with Crippen molar-refractivity contribution in [3.63, 3.8) is 0 Å². The lowest BCUT2D eigenvalue weighted by atomic mass is 9.86. The van der Waals surface area contributed by atoms with Gasteiger partial charge in [-0.2, -0.15) is 5.23 Å². The van der Waals surface area contributed by atoms with Crippen molar-refractivity contribution < 1.29 is 15.2 Å². The van der Waals surface area contributed by atoms with Crippen LogP contribution in [-0.2, 0) is 10.2 Å². The van der Waals surface area contributed by atoms with E-state index in [1.165, 1.54) is 6.07 Å². The van der Waals surface area contributed by atoms with E-state index in [0.717, 1.165) is 5.56 Å². The number of nitrogens with one attached hydrogen (secondary N) is 2. The summed E-state index contributed by atoms with van der Waals surface area (Å²) in [5.74, 6) is -0.0972. The van der Waals surface area contributed by atoms with E-state index in [1.807, 2.05) is 0 Å². The van der Waals surface area contributed by atoms with Gasteiger partial charge in [-0.3, -0.25) is 4.79 Å². The van der Waals surface area contributed by atoms with Gasteiger partial charge in [0.05, 0.1) is 5.41 Å².